The van der Waals surface area contributed by atoms with Crippen LogP contribution in [0.4, 0.5) is 11.6 Å². The van der Waals surface area contributed by atoms with Crippen LogP contribution >= 0.6 is 0 Å². The van der Waals surface area contributed by atoms with Gasteiger partial charge in [-0.05, 0) is 24.1 Å². The van der Waals surface area contributed by atoms with Gasteiger partial charge in [0.2, 0.25) is 11.8 Å². The second kappa shape index (κ2) is 7.44. The number of aliphatic hydroxyl groups excluding tert-OH is 1. The van der Waals surface area contributed by atoms with Crippen LogP contribution in [0.2, 0.25) is 0 Å². The molecule has 6 nitrogen and oxygen atoms in total. The number of nitrogens with two attached hydrogens (primary N) is 1. The topological polar surface area (TPSA) is 93.3 Å². The molecule has 1 aromatic heterocycles. The van der Waals surface area contributed by atoms with Crippen molar-refractivity contribution in [3.63, 3.8) is 0 Å². The summed E-state index contributed by atoms with van der Waals surface area (Å²) in [5.74, 6) is 0.953. The average Bonchev–Trinajstić information content (AvgIpc) is 2.52. The Kier molecular flexibility index (Phi) is 5.34. The van der Waals surface area contributed by atoms with Crippen molar-refractivity contribution in [1.29, 1.82) is 0 Å². The molecule has 1 heterocycles. The Morgan fingerprint density at radius 2 is 2.05 bits per heavy atom. The van der Waals surface area contributed by atoms with E-state index in [0.717, 1.165) is 12.0 Å². The third-order valence-electron chi connectivity index (χ3n) is 2.86. The largest absolute Gasteiger partial charge is 0.478 e. The predicted octanol–water partition coefficient (Wildman–Crippen LogP) is 1.99. The average molecular weight is 288 g/mol. The van der Waals surface area contributed by atoms with Crippen molar-refractivity contribution in [3.05, 3.63) is 42.1 Å². The number of aromatic nitrogens is 2. The molecule has 0 amide bonds. The summed E-state index contributed by atoms with van der Waals surface area (Å²) in [6, 6.07) is 8.81. The number of nitrogen functional groups attached to an aromatic ring is 1. The molecule has 112 valence electrons. The highest BCUT2D eigenvalue weighted by molar-refractivity contribution is 5.40. The van der Waals surface area contributed by atoms with E-state index in [1.165, 1.54) is 0 Å². The fourth-order valence-corrected chi connectivity index (χ4v) is 1.74. The number of nitrogens with one attached hydrogen (secondary N) is 1. The first-order valence-electron chi connectivity index (χ1n) is 6.92. The van der Waals surface area contributed by atoms with Crippen molar-refractivity contribution in [2.75, 3.05) is 24.2 Å². The Morgan fingerprint density at radius 1 is 1.29 bits per heavy atom. The molecule has 1 aromatic carbocycles. The van der Waals surface area contributed by atoms with Crippen LogP contribution in [0, 0.1) is 0 Å². The number of hydrogen-bond acceptors (Lipinski definition) is 6. The van der Waals surface area contributed by atoms with E-state index in [9.17, 15) is 5.11 Å². The van der Waals surface area contributed by atoms with Gasteiger partial charge in [-0.15, -0.1) is 0 Å². The molecule has 0 spiro atoms. The molecule has 4 N–H and O–H groups in total. The molecular weight excluding hydrogens is 268 g/mol. The third-order valence-corrected chi connectivity index (χ3v) is 2.86. The van der Waals surface area contributed by atoms with Crippen molar-refractivity contribution in [3.8, 4) is 5.88 Å². The monoisotopic (exact) mass is 288 g/mol. The van der Waals surface area contributed by atoms with Crippen LogP contribution in [0.3, 0.4) is 0 Å². The lowest BCUT2D eigenvalue weighted by Crippen LogP contribution is -2.14. The molecule has 0 aliphatic heterocycles. The van der Waals surface area contributed by atoms with E-state index in [4.69, 9.17) is 10.5 Å². The molecule has 2 aromatic rings. The van der Waals surface area contributed by atoms with E-state index in [1.807, 2.05) is 6.92 Å². The lowest BCUT2D eigenvalue weighted by Gasteiger charge is -2.13. The summed E-state index contributed by atoms with van der Waals surface area (Å²) in [7, 11) is 0. The normalized spacial score (nSPS) is 11.9. The highest BCUT2D eigenvalue weighted by atomic mass is 16.5. The molecule has 0 aliphatic rings. The molecule has 0 fully saturated rings. The first kappa shape index (κ1) is 15.1. The standard InChI is InChI=1S/C15H20N4O2/c1-2-9-21-14-7-8-17-15(19-14)18-10-13(20)11-3-5-12(16)6-4-11/h3-8,13,20H,2,9-10,16H2,1H3,(H,17,18,19). The smallest absolute Gasteiger partial charge is 0.226 e. The summed E-state index contributed by atoms with van der Waals surface area (Å²) in [6.45, 7) is 2.95. The van der Waals surface area contributed by atoms with Gasteiger partial charge in [-0.1, -0.05) is 19.1 Å². The highest BCUT2D eigenvalue weighted by Crippen LogP contribution is 2.15. The predicted molar refractivity (Wildman–Crippen MR) is 82.1 cm³/mol. The number of anilines is 2. The minimum absolute atomic E-state index is 0.307. The second-order valence-corrected chi connectivity index (χ2v) is 4.63. The van der Waals surface area contributed by atoms with Crippen molar-refractivity contribution >= 4 is 11.6 Å². The Hall–Kier alpha value is -2.34. The zero-order chi connectivity index (χ0) is 15.1. The molecule has 0 bridgehead atoms. The van der Waals surface area contributed by atoms with Gasteiger partial charge in [0.05, 0.1) is 12.7 Å². The van der Waals surface area contributed by atoms with Crippen molar-refractivity contribution in [2.24, 2.45) is 0 Å². The van der Waals surface area contributed by atoms with E-state index < -0.39 is 6.10 Å². The number of rotatable bonds is 7. The zero-order valence-corrected chi connectivity index (χ0v) is 12.0. The maximum absolute atomic E-state index is 10.1. The maximum Gasteiger partial charge on any atom is 0.226 e. The van der Waals surface area contributed by atoms with Gasteiger partial charge in [-0.3, -0.25) is 0 Å². The van der Waals surface area contributed by atoms with E-state index in [2.05, 4.69) is 15.3 Å². The second-order valence-electron chi connectivity index (χ2n) is 4.63. The number of nitrogens with zero attached hydrogens (tertiary/aromatic N) is 2. The number of hydrogen-bond donors (Lipinski definition) is 3. The summed E-state index contributed by atoms with van der Waals surface area (Å²) in [4.78, 5) is 8.31. The quantitative estimate of drug-likeness (QED) is 0.675. The van der Waals surface area contributed by atoms with Crippen LogP contribution in [0.1, 0.15) is 25.0 Å². The molecule has 1 unspecified atom stereocenters. The van der Waals surface area contributed by atoms with E-state index >= 15 is 0 Å². The summed E-state index contributed by atoms with van der Waals surface area (Å²) in [5.41, 5.74) is 7.07. The Bertz CT molecular complexity index is 560. The van der Waals surface area contributed by atoms with Crippen molar-refractivity contribution in [1.82, 2.24) is 9.97 Å². The number of benzene rings is 1. The Balaban J connectivity index is 1.91. The molecule has 1 atom stereocenters. The molecule has 2 rings (SSSR count). The van der Waals surface area contributed by atoms with E-state index in [-0.39, 0.29) is 0 Å². The van der Waals surface area contributed by atoms with E-state index in [0.29, 0.717) is 30.7 Å². The van der Waals surface area contributed by atoms with Gasteiger partial charge in [0.15, 0.2) is 0 Å². The van der Waals surface area contributed by atoms with Gasteiger partial charge in [0, 0.05) is 24.5 Å². The fraction of sp³-hybridized carbons (Fsp3) is 0.333. The fourth-order valence-electron chi connectivity index (χ4n) is 1.74. The maximum atomic E-state index is 10.1. The van der Waals surface area contributed by atoms with Crippen LogP contribution < -0.4 is 15.8 Å². The van der Waals surface area contributed by atoms with Gasteiger partial charge >= 0.3 is 0 Å². The molecule has 0 saturated carbocycles. The van der Waals surface area contributed by atoms with Crippen LogP contribution in [-0.2, 0) is 0 Å². The summed E-state index contributed by atoms with van der Waals surface area (Å²) >= 11 is 0. The Morgan fingerprint density at radius 3 is 2.76 bits per heavy atom. The first-order valence-corrected chi connectivity index (χ1v) is 6.92. The minimum Gasteiger partial charge on any atom is -0.478 e. The molecular formula is C15H20N4O2. The summed E-state index contributed by atoms with van der Waals surface area (Å²) in [5, 5.41) is 13.1. The lowest BCUT2D eigenvalue weighted by molar-refractivity contribution is 0.191. The van der Waals surface area contributed by atoms with Crippen LogP contribution in [0.25, 0.3) is 0 Å². The van der Waals surface area contributed by atoms with Crippen molar-refractivity contribution < 1.29 is 9.84 Å². The number of ether oxygens (including phenoxy) is 1. The minimum atomic E-state index is -0.658. The van der Waals surface area contributed by atoms with E-state index in [1.54, 1.807) is 36.5 Å². The molecule has 6 heteroatoms. The third kappa shape index (κ3) is 4.61. The van der Waals surface area contributed by atoms with Gasteiger partial charge in [0.25, 0.3) is 0 Å². The summed E-state index contributed by atoms with van der Waals surface area (Å²) < 4.78 is 5.43. The van der Waals surface area contributed by atoms with Gasteiger partial charge in [-0.2, -0.15) is 4.98 Å². The Labute approximate surface area is 124 Å². The van der Waals surface area contributed by atoms with Gasteiger partial charge in [0.1, 0.15) is 0 Å². The highest BCUT2D eigenvalue weighted by Gasteiger charge is 2.08. The molecule has 0 radical (unpaired) electrons. The van der Waals surface area contributed by atoms with Gasteiger partial charge in [-0.25, -0.2) is 4.98 Å². The first-order chi connectivity index (χ1) is 10.2. The molecule has 0 saturated heterocycles. The SMILES string of the molecule is CCCOc1ccnc(NCC(O)c2ccc(N)cc2)n1. The lowest BCUT2D eigenvalue weighted by atomic mass is 10.1. The summed E-state index contributed by atoms with van der Waals surface area (Å²) in [6.07, 6.45) is 1.88. The van der Waals surface area contributed by atoms with Crippen LogP contribution in [0.5, 0.6) is 5.88 Å². The molecule has 0 aliphatic carbocycles. The van der Waals surface area contributed by atoms with Crippen molar-refractivity contribution in [2.45, 2.75) is 19.4 Å². The number of aliphatic hydroxyl groups is 1. The van der Waals surface area contributed by atoms with Gasteiger partial charge < -0.3 is 20.9 Å². The van der Waals surface area contributed by atoms with Crippen LogP contribution in [0.15, 0.2) is 36.5 Å². The molecule has 21 heavy (non-hydrogen) atoms. The zero-order valence-electron chi connectivity index (χ0n) is 12.0. The van der Waals surface area contributed by atoms with Crippen LogP contribution in [-0.4, -0.2) is 28.2 Å².